The monoisotopic (exact) mass is 243 g/mol. The molecule has 0 bridgehead atoms. The number of pyridine rings is 1. The molecule has 0 aliphatic carbocycles. The van der Waals surface area contributed by atoms with Gasteiger partial charge in [-0.3, -0.25) is 9.78 Å². The zero-order chi connectivity index (χ0) is 13.0. The van der Waals surface area contributed by atoms with Crippen molar-refractivity contribution >= 4 is 5.91 Å². The first-order valence-corrected chi connectivity index (χ1v) is 5.98. The zero-order valence-electron chi connectivity index (χ0n) is 10.6. The van der Waals surface area contributed by atoms with Gasteiger partial charge in [-0.1, -0.05) is 6.07 Å². The lowest BCUT2D eigenvalue weighted by Crippen LogP contribution is -2.35. The Morgan fingerprint density at radius 2 is 2.28 bits per heavy atom. The Labute approximate surface area is 107 Å². The first-order chi connectivity index (χ1) is 8.66. The minimum Gasteiger partial charge on any atom is -0.348 e. The Bertz CT molecular complexity index is 519. The smallest absolute Gasteiger partial charge is 0.268 e. The van der Waals surface area contributed by atoms with Crippen molar-refractivity contribution in [2.45, 2.75) is 19.4 Å². The van der Waals surface area contributed by atoms with Gasteiger partial charge in [0.1, 0.15) is 5.69 Å². The number of amides is 1. The molecule has 94 valence electrons. The molecule has 0 saturated carbocycles. The molecule has 2 aromatic heterocycles. The van der Waals surface area contributed by atoms with E-state index in [-0.39, 0.29) is 11.9 Å². The van der Waals surface area contributed by atoms with E-state index in [0.29, 0.717) is 5.69 Å². The molecule has 0 saturated heterocycles. The van der Waals surface area contributed by atoms with Crippen LogP contribution in [0.5, 0.6) is 0 Å². The molecule has 0 aromatic carbocycles. The minimum absolute atomic E-state index is 0.0427. The lowest BCUT2D eigenvalue weighted by atomic mass is 10.1. The highest BCUT2D eigenvalue weighted by Gasteiger charge is 2.12. The highest BCUT2D eigenvalue weighted by molar-refractivity contribution is 5.92. The van der Waals surface area contributed by atoms with Crippen molar-refractivity contribution in [2.24, 2.45) is 7.05 Å². The molecule has 1 unspecified atom stereocenters. The third-order valence-electron chi connectivity index (χ3n) is 2.82. The van der Waals surface area contributed by atoms with Crippen LogP contribution >= 0.6 is 0 Å². The van der Waals surface area contributed by atoms with Crippen LogP contribution in [-0.4, -0.2) is 21.5 Å². The van der Waals surface area contributed by atoms with Crippen LogP contribution in [0.4, 0.5) is 0 Å². The summed E-state index contributed by atoms with van der Waals surface area (Å²) in [7, 11) is 1.86. The average molecular weight is 243 g/mol. The number of carbonyl (C=O) groups excluding carboxylic acids is 1. The van der Waals surface area contributed by atoms with Crippen molar-refractivity contribution in [2.75, 3.05) is 0 Å². The maximum Gasteiger partial charge on any atom is 0.268 e. The fourth-order valence-corrected chi connectivity index (χ4v) is 1.92. The van der Waals surface area contributed by atoms with Gasteiger partial charge < -0.3 is 9.88 Å². The molecule has 0 spiro atoms. The Balaban J connectivity index is 1.94. The number of aromatic nitrogens is 2. The topological polar surface area (TPSA) is 46.9 Å². The largest absolute Gasteiger partial charge is 0.348 e. The first kappa shape index (κ1) is 12.4. The van der Waals surface area contributed by atoms with Gasteiger partial charge in [-0.25, -0.2) is 0 Å². The fourth-order valence-electron chi connectivity index (χ4n) is 1.92. The molecule has 1 N–H and O–H groups in total. The summed E-state index contributed by atoms with van der Waals surface area (Å²) in [5.74, 6) is -0.0427. The van der Waals surface area contributed by atoms with Gasteiger partial charge in [0, 0.05) is 31.7 Å². The van der Waals surface area contributed by atoms with Crippen LogP contribution in [0.25, 0.3) is 0 Å². The van der Waals surface area contributed by atoms with Crippen molar-refractivity contribution in [1.82, 2.24) is 14.9 Å². The fraction of sp³-hybridized carbons (Fsp3) is 0.286. The van der Waals surface area contributed by atoms with E-state index < -0.39 is 0 Å². The molecular formula is C14H17N3O. The SMILES string of the molecule is CC(Cc1cccnc1)NC(=O)c1cccn1C. The van der Waals surface area contributed by atoms with Gasteiger partial charge in [0.2, 0.25) is 0 Å². The van der Waals surface area contributed by atoms with E-state index in [1.165, 1.54) is 0 Å². The summed E-state index contributed by atoms with van der Waals surface area (Å²) >= 11 is 0. The molecule has 0 radical (unpaired) electrons. The van der Waals surface area contributed by atoms with E-state index in [1.54, 1.807) is 6.20 Å². The second-order valence-corrected chi connectivity index (χ2v) is 4.44. The van der Waals surface area contributed by atoms with Gasteiger partial charge in [0.25, 0.3) is 5.91 Å². The standard InChI is InChI=1S/C14H17N3O/c1-11(9-12-5-3-7-15-10-12)16-14(18)13-6-4-8-17(13)2/h3-8,10-11H,9H2,1-2H3,(H,16,18). The van der Waals surface area contributed by atoms with Crippen LogP contribution in [0.2, 0.25) is 0 Å². The van der Waals surface area contributed by atoms with E-state index in [1.807, 2.05) is 55.2 Å². The molecule has 2 aromatic rings. The highest BCUT2D eigenvalue weighted by atomic mass is 16.2. The highest BCUT2D eigenvalue weighted by Crippen LogP contribution is 2.03. The van der Waals surface area contributed by atoms with Crippen LogP contribution in [-0.2, 0) is 13.5 Å². The Kier molecular flexibility index (Phi) is 3.77. The minimum atomic E-state index is -0.0427. The van der Waals surface area contributed by atoms with Gasteiger partial charge in [0.05, 0.1) is 0 Å². The van der Waals surface area contributed by atoms with Gasteiger partial charge in [-0.05, 0) is 37.1 Å². The Hall–Kier alpha value is -2.10. The maximum absolute atomic E-state index is 12.0. The third kappa shape index (κ3) is 2.97. The zero-order valence-corrected chi connectivity index (χ0v) is 10.6. The number of aryl methyl sites for hydroxylation is 1. The average Bonchev–Trinajstić information content (AvgIpc) is 2.76. The molecule has 1 atom stereocenters. The Morgan fingerprint density at radius 1 is 1.44 bits per heavy atom. The molecule has 0 fully saturated rings. The maximum atomic E-state index is 12.0. The van der Waals surface area contributed by atoms with Gasteiger partial charge in [-0.15, -0.1) is 0 Å². The number of hydrogen-bond donors (Lipinski definition) is 1. The summed E-state index contributed by atoms with van der Waals surface area (Å²) in [5.41, 5.74) is 1.80. The lowest BCUT2D eigenvalue weighted by Gasteiger charge is -2.14. The van der Waals surface area contributed by atoms with Gasteiger partial charge >= 0.3 is 0 Å². The number of nitrogens with zero attached hydrogens (tertiary/aromatic N) is 2. The van der Waals surface area contributed by atoms with Crippen LogP contribution < -0.4 is 5.32 Å². The molecule has 1 amide bonds. The van der Waals surface area contributed by atoms with Crippen molar-refractivity contribution in [3.05, 3.63) is 54.1 Å². The van der Waals surface area contributed by atoms with E-state index in [9.17, 15) is 4.79 Å². The van der Waals surface area contributed by atoms with E-state index >= 15 is 0 Å². The predicted octanol–water partition coefficient (Wildman–Crippen LogP) is 1.78. The molecule has 2 rings (SSSR count). The second-order valence-electron chi connectivity index (χ2n) is 4.44. The predicted molar refractivity (Wildman–Crippen MR) is 70.3 cm³/mol. The van der Waals surface area contributed by atoms with Crippen molar-refractivity contribution in [3.63, 3.8) is 0 Å². The Morgan fingerprint density at radius 3 is 2.89 bits per heavy atom. The molecule has 4 heteroatoms. The molecule has 2 heterocycles. The molecule has 0 aliphatic rings. The van der Waals surface area contributed by atoms with Crippen LogP contribution in [0, 0.1) is 0 Å². The number of nitrogens with one attached hydrogen (secondary N) is 1. The normalized spacial score (nSPS) is 12.1. The van der Waals surface area contributed by atoms with E-state index in [4.69, 9.17) is 0 Å². The van der Waals surface area contributed by atoms with Crippen molar-refractivity contribution in [3.8, 4) is 0 Å². The number of hydrogen-bond acceptors (Lipinski definition) is 2. The van der Waals surface area contributed by atoms with Crippen LogP contribution in [0.15, 0.2) is 42.9 Å². The third-order valence-corrected chi connectivity index (χ3v) is 2.82. The van der Waals surface area contributed by atoms with Gasteiger partial charge in [0.15, 0.2) is 0 Å². The molecule has 0 aliphatic heterocycles. The van der Waals surface area contributed by atoms with Crippen LogP contribution in [0.3, 0.4) is 0 Å². The quantitative estimate of drug-likeness (QED) is 0.889. The molecule has 4 nitrogen and oxygen atoms in total. The summed E-state index contributed by atoms with van der Waals surface area (Å²) in [5, 5.41) is 2.98. The van der Waals surface area contributed by atoms with Gasteiger partial charge in [-0.2, -0.15) is 0 Å². The summed E-state index contributed by atoms with van der Waals surface area (Å²) in [6.07, 6.45) is 6.21. The summed E-state index contributed by atoms with van der Waals surface area (Å²) < 4.78 is 1.81. The van der Waals surface area contributed by atoms with E-state index in [0.717, 1.165) is 12.0 Å². The second kappa shape index (κ2) is 5.49. The van der Waals surface area contributed by atoms with Crippen molar-refractivity contribution in [1.29, 1.82) is 0 Å². The lowest BCUT2D eigenvalue weighted by molar-refractivity contribution is 0.0932. The number of carbonyl (C=O) groups is 1. The summed E-state index contributed by atoms with van der Waals surface area (Å²) in [6, 6.07) is 7.67. The van der Waals surface area contributed by atoms with Crippen molar-refractivity contribution < 1.29 is 4.79 Å². The number of rotatable bonds is 4. The first-order valence-electron chi connectivity index (χ1n) is 5.98. The molecular weight excluding hydrogens is 226 g/mol. The van der Waals surface area contributed by atoms with E-state index in [2.05, 4.69) is 10.3 Å². The molecule has 18 heavy (non-hydrogen) atoms. The summed E-state index contributed by atoms with van der Waals surface area (Å²) in [4.78, 5) is 16.0. The van der Waals surface area contributed by atoms with Crippen LogP contribution in [0.1, 0.15) is 23.0 Å². The summed E-state index contributed by atoms with van der Waals surface area (Å²) in [6.45, 7) is 1.99.